The highest BCUT2D eigenvalue weighted by Gasteiger charge is 2.29. The van der Waals surface area contributed by atoms with Crippen LogP contribution in [0.1, 0.15) is 28.2 Å². The van der Waals surface area contributed by atoms with E-state index in [0.29, 0.717) is 22.7 Å². The molecule has 0 radical (unpaired) electrons. The summed E-state index contributed by atoms with van der Waals surface area (Å²) in [7, 11) is 1.54. The molecular formula is C23H23N5O4. The number of methoxy groups -OCH3 is 1. The summed E-state index contributed by atoms with van der Waals surface area (Å²) < 4.78 is 7.25. The third kappa shape index (κ3) is 4.18. The van der Waals surface area contributed by atoms with E-state index in [9.17, 15) is 14.4 Å². The molecule has 9 nitrogen and oxygen atoms in total. The van der Waals surface area contributed by atoms with Crippen molar-refractivity contribution < 1.29 is 19.1 Å². The molecule has 0 saturated carbocycles. The summed E-state index contributed by atoms with van der Waals surface area (Å²) in [6, 6.07) is 12.9. The molecular weight excluding hydrogens is 410 g/mol. The molecule has 3 N–H and O–H groups in total. The van der Waals surface area contributed by atoms with Crippen molar-refractivity contribution in [2.75, 3.05) is 17.7 Å². The number of nitrogens with one attached hydrogen (secondary N) is 3. The normalized spacial score (nSPS) is 15.3. The van der Waals surface area contributed by atoms with Crippen molar-refractivity contribution in [1.29, 1.82) is 0 Å². The molecule has 0 fully saturated rings. The number of fused-ring (bicyclic) bond motifs is 1. The molecule has 0 spiro atoms. The number of ether oxygens (including phenoxy) is 1. The Morgan fingerprint density at radius 2 is 1.94 bits per heavy atom. The molecule has 32 heavy (non-hydrogen) atoms. The average molecular weight is 433 g/mol. The van der Waals surface area contributed by atoms with Crippen LogP contribution in [0.3, 0.4) is 0 Å². The molecule has 2 aromatic carbocycles. The maximum absolute atomic E-state index is 12.6. The van der Waals surface area contributed by atoms with Gasteiger partial charge in [-0.25, -0.2) is 4.68 Å². The smallest absolute Gasteiger partial charge is 0.254 e. The van der Waals surface area contributed by atoms with Crippen molar-refractivity contribution >= 4 is 29.1 Å². The summed E-state index contributed by atoms with van der Waals surface area (Å²) in [5.74, 6) is -0.745. The Hall–Kier alpha value is -4.14. The molecule has 1 unspecified atom stereocenters. The minimum atomic E-state index is -0.995. The number of anilines is 2. The second-order valence-corrected chi connectivity index (χ2v) is 7.54. The number of carbonyl (C=O) groups excluding carboxylic acids is 3. The van der Waals surface area contributed by atoms with E-state index in [1.165, 1.54) is 0 Å². The van der Waals surface area contributed by atoms with Crippen LogP contribution < -0.4 is 20.7 Å². The van der Waals surface area contributed by atoms with Gasteiger partial charge in [-0.1, -0.05) is 12.1 Å². The summed E-state index contributed by atoms with van der Waals surface area (Å²) in [4.78, 5) is 37.6. The summed E-state index contributed by atoms with van der Waals surface area (Å²) in [6.07, 6.45) is -0.215. The maximum atomic E-state index is 12.6. The first-order chi connectivity index (χ1) is 15.4. The zero-order valence-corrected chi connectivity index (χ0v) is 17.9. The van der Waals surface area contributed by atoms with E-state index < -0.39 is 23.8 Å². The Labute approximate surface area is 184 Å². The van der Waals surface area contributed by atoms with Crippen LogP contribution in [0.5, 0.6) is 5.75 Å². The number of carbonyl (C=O) groups is 3. The average Bonchev–Trinajstić information content (AvgIpc) is 3.05. The van der Waals surface area contributed by atoms with Crippen LogP contribution in [-0.4, -0.2) is 40.7 Å². The highest BCUT2D eigenvalue weighted by Crippen LogP contribution is 2.28. The summed E-state index contributed by atoms with van der Waals surface area (Å²) in [5.41, 5.74) is 3.85. The minimum Gasteiger partial charge on any atom is -0.494 e. The molecule has 0 saturated heterocycles. The van der Waals surface area contributed by atoms with Gasteiger partial charge in [-0.05, 0) is 44.2 Å². The third-order valence-corrected chi connectivity index (χ3v) is 5.14. The Morgan fingerprint density at radius 3 is 2.66 bits per heavy atom. The van der Waals surface area contributed by atoms with Gasteiger partial charge >= 0.3 is 0 Å². The van der Waals surface area contributed by atoms with Crippen molar-refractivity contribution in [2.24, 2.45) is 0 Å². The number of aryl methyl sites for hydroxylation is 2. The number of rotatable bonds is 5. The Balaban J connectivity index is 1.48. The van der Waals surface area contributed by atoms with Crippen LogP contribution >= 0.6 is 0 Å². The zero-order valence-electron chi connectivity index (χ0n) is 17.9. The second-order valence-electron chi connectivity index (χ2n) is 7.54. The fourth-order valence-corrected chi connectivity index (χ4v) is 3.66. The van der Waals surface area contributed by atoms with Gasteiger partial charge in [-0.3, -0.25) is 14.4 Å². The number of amides is 3. The van der Waals surface area contributed by atoms with Crippen LogP contribution in [-0.2, 0) is 9.59 Å². The fraction of sp³-hybridized carbons (Fsp3) is 0.217. The highest BCUT2D eigenvalue weighted by atomic mass is 16.5. The van der Waals surface area contributed by atoms with Crippen molar-refractivity contribution in [3.63, 3.8) is 0 Å². The Kier molecular flexibility index (Phi) is 5.63. The number of aromatic nitrogens is 2. The predicted molar refractivity (Wildman–Crippen MR) is 119 cm³/mol. The predicted octanol–water partition coefficient (Wildman–Crippen LogP) is 2.58. The Morgan fingerprint density at radius 1 is 1.16 bits per heavy atom. The van der Waals surface area contributed by atoms with E-state index in [1.54, 1.807) is 54.3 Å². The van der Waals surface area contributed by atoms with Gasteiger partial charge in [0.25, 0.3) is 5.91 Å². The summed E-state index contributed by atoms with van der Waals surface area (Å²) in [5, 5.41) is 12.5. The van der Waals surface area contributed by atoms with E-state index in [-0.39, 0.29) is 6.42 Å². The van der Waals surface area contributed by atoms with Crippen LogP contribution in [0.25, 0.3) is 5.69 Å². The topological polar surface area (TPSA) is 114 Å². The van der Waals surface area contributed by atoms with Crippen molar-refractivity contribution in [3.05, 3.63) is 65.5 Å². The first-order valence-electron chi connectivity index (χ1n) is 10.1. The molecule has 3 aromatic rings. The Bertz CT molecular complexity index is 1220. The van der Waals surface area contributed by atoms with Gasteiger partial charge in [-0.15, -0.1) is 0 Å². The molecule has 3 amide bonds. The zero-order chi connectivity index (χ0) is 22.8. The largest absolute Gasteiger partial charge is 0.494 e. The maximum Gasteiger partial charge on any atom is 0.254 e. The van der Waals surface area contributed by atoms with E-state index in [0.717, 1.165) is 17.1 Å². The summed E-state index contributed by atoms with van der Waals surface area (Å²) in [6.45, 7) is 3.85. The highest BCUT2D eigenvalue weighted by molar-refractivity contribution is 6.11. The lowest BCUT2D eigenvalue weighted by atomic mass is 10.1. The first kappa shape index (κ1) is 21.1. The van der Waals surface area contributed by atoms with Gasteiger partial charge < -0.3 is 20.7 Å². The van der Waals surface area contributed by atoms with Crippen LogP contribution in [0, 0.1) is 13.8 Å². The molecule has 4 rings (SSSR count). The van der Waals surface area contributed by atoms with E-state index >= 15 is 0 Å². The van der Waals surface area contributed by atoms with E-state index in [2.05, 4.69) is 21.0 Å². The molecule has 9 heteroatoms. The molecule has 0 aliphatic carbocycles. The van der Waals surface area contributed by atoms with Gasteiger partial charge in [0.05, 0.1) is 30.5 Å². The SMILES string of the molecule is COc1cc(NC(=O)CC2NC(=O)c3ccccc3NC2=O)ccc1-n1nc(C)cc1C. The molecule has 164 valence electrons. The number of hydrogen-bond acceptors (Lipinski definition) is 5. The molecule has 1 aromatic heterocycles. The summed E-state index contributed by atoms with van der Waals surface area (Å²) >= 11 is 0. The lowest BCUT2D eigenvalue weighted by Crippen LogP contribution is -2.43. The van der Waals surface area contributed by atoms with Crippen LogP contribution in [0.4, 0.5) is 11.4 Å². The third-order valence-electron chi connectivity index (χ3n) is 5.14. The number of nitrogens with zero attached hydrogens (tertiary/aromatic N) is 2. The first-order valence-corrected chi connectivity index (χ1v) is 10.1. The van der Waals surface area contributed by atoms with E-state index in [1.807, 2.05) is 19.9 Å². The van der Waals surface area contributed by atoms with Crippen LogP contribution in [0.2, 0.25) is 0 Å². The van der Waals surface area contributed by atoms with Gasteiger partial charge in [0, 0.05) is 17.4 Å². The monoisotopic (exact) mass is 433 g/mol. The lowest BCUT2D eigenvalue weighted by Gasteiger charge is -2.16. The van der Waals surface area contributed by atoms with E-state index in [4.69, 9.17) is 4.74 Å². The van der Waals surface area contributed by atoms with Gasteiger partial charge in [0.15, 0.2) is 0 Å². The quantitative estimate of drug-likeness (QED) is 0.572. The van der Waals surface area contributed by atoms with Crippen LogP contribution in [0.15, 0.2) is 48.5 Å². The van der Waals surface area contributed by atoms with Crippen molar-refractivity contribution in [1.82, 2.24) is 15.1 Å². The fourth-order valence-electron chi connectivity index (χ4n) is 3.66. The minimum absolute atomic E-state index is 0.215. The van der Waals surface area contributed by atoms with Gasteiger partial charge in [0.1, 0.15) is 17.5 Å². The van der Waals surface area contributed by atoms with Gasteiger partial charge in [-0.2, -0.15) is 5.10 Å². The van der Waals surface area contributed by atoms with Crippen molar-refractivity contribution in [3.8, 4) is 11.4 Å². The van der Waals surface area contributed by atoms with Crippen molar-refractivity contribution in [2.45, 2.75) is 26.3 Å². The van der Waals surface area contributed by atoms with Gasteiger partial charge in [0.2, 0.25) is 11.8 Å². The molecule has 1 aliphatic rings. The standard InChI is InChI=1S/C23H23N5O4/c1-13-10-14(2)28(27-13)19-9-8-15(11-20(19)32-3)24-21(29)12-18-23(31)25-17-7-5-4-6-16(17)22(30)26-18/h4-11,18H,12H2,1-3H3,(H,24,29)(H,25,31)(H,26,30). The molecule has 1 aliphatic heterocycles. The number of hydrogen-bond donors (Lipinski definition) is 3. The molecule has 0 bridgehead atoms. The number of para-hydroxylation sites is 1. The second kappa shape index (κ2) is 8.54. The number of benzene rings is 2. The lowest BCUT2D eigenvalue weighted by molar-refractivity contribution is -0.122. The molecule has 1 atom stereocenters. The molecule has 2 heterocycles.